The Morgan fingerprint density at radius 2 is 1.62 bits per heavy atom. The zero-order valence-corrected chi connectivity index (χ0v) is 9.54. The molecule has 0 radical (unpaired) electrons. The Morgan fingerprint density at radius 1 is 1.15 bits per heavy atom. The van der Waals surface area contributed by atoms with Crippen LogP contribution in [0, 0.1) is 10.8 Å². The van der Waals surface area contributed by atoms with Gasteiger partial charge in [0.2, 0.25) is 0 Å². The van der Waals surface area contributed by atoms with Gasteiger partial charge in [0.1, 0.15) is 0 Å². The van der Waals surface area contributed by atoms with Crippen LogP contribution in [0.1, 0.15) is 34.1 Å². The van der Waals surface area contributed by atoms with Crippen molar-refractivity contribution in [3.8, 4) is 0 Å². The standard InChI is InChI=1S/C11H24N2/c1-5-10(2,3)11(4)8-12-6-7-13-9-11/h12-13H,5-9H2,1-4H3. The van der Waals surface area contributed by atoms with Crippen LogP contribution >= 0.6 is 0 Å². The van der Waals surface area contributed by atoms with Crippen LogP contribution in [0.3, 0.4) is 0 Å². The summed E-state index contributed by atoms with van der Waals surface area (Å²) in [5.41, 5.74) is 0.801. The summed E-state index contributed by atoms with van der Waals surface area (Å²) >= 11 is 0. The highest BCUT2D eigenvalue weighted by molar-refractivity contribution is 4.93. The summed E-state index contributed by atoms with van der Waals surface area (Å²) in [7, 11) is 0. The van der Waals surface area contributed by atoms with Gasteiger partial charge in [-0.05, 0) is 10.8 Å². The van der Waals surface area contributed by atoms with Crippen LogP contribution in [0.15, 0.2) is 0 Å². The van der Waals surface area contributed by atoms with Crippen molar-refractivity contribution in [2.75, 3.05) is 26.2 Å². The summed E-state index contributed by atoms with van der Waals surface area (Å²) in [5.74, 6) is 0. The molecule has 1 rings (SSSR count). The largest absolute Gasteiger partial charge is 0.315 e. The summed E-state index contributed by atoms with van der Waals surface area (Å²) in [6.45, 7) is 13.9. The predicted molar refractivity (Wildman–Crippen MR) is 57.9 cm³/mol. The molecule has 0 aliphatic carbocycles. The topological polar surface area (TPSA) is 24.1 Å². The number of rotatable bonds is 2. The molecule has 0 spiro atoms. The maximum absolute atomic E-state index is 3.52. The van der Waals surface area contributed by atoms with E-state index in [-0.39, 0.29) is 0 Å². The van der Waals surface area contributed by atoms with E-state index in [4.69, 9.17) is 0 Å². The molecule has 0 atom stereocenters. The van der Waals surface area contributed by atoms with Gasteiger partial charge in [0.25, 0.3) is 0 Å². The maximum Gasteiger partial charge on any atom is 0.00769 e. The fourth-order valence-electron chi connectivity index (χ4n) is 1.87. The van der Waals surface area contributed by atoms with E-state index in [2.05, 4.69) is 38.3 Å². The van der Waals surface area contributed by atoms with Crippen LogP contribution in [0.2, 0.25) is 0 Å². The van der Waals surface area contributed by atoms with Crippen molar-refractivity contribution in [3.63, 3.8) is 0 Å². The summed E-state index contributed by atoms with van der Waals surface area (Å²) < 4.78 is 0. The van der Waals surface area contributed by atoms with Gasteiger partial charge < -0.3 is 10.6 Å². The van der Waals surface area contributed by atoms with Crippen molar-refractivity contribution >= 4 is 0 Å². The maximum atomic E-state index is 3.52. The first-order valence-electron chi connectivity index (χ1n) is 5.43. The number of hydrogen-bond donors (Lipinski definition) is 2. The molecule has 0 bridgehead atoms. The monoisotopic (exact) mass is 184 g/mol. The minimum absolute atomic E-state index is 0.387. The number of nitrogens with one attached hydrogen (secondary N) is 2. The van der Waals surface area contributed by atoms with Crippen LogP contribution < -0.4 is 10.6 Å². The van der Waals surface area contributed by atoms with Crippen molar-refractivity contribution in [1.82, 2.24) is 10.6 Å². The molecule has 0 aromatic rings. The van der Waals surface area contributed by atoms with Crippen LogP contribution in [-0.2, 0) is 0 Å². The van der Waals surface area contributed by atoms with Crippen LogP contribution in [-0.4, -0.2) is 26.2 Å². The third kappa shape index (κ3) is 2.23. The van der Waals surface area contributed by atoms with Crippen molar-refractivity contribution in [2.24, 2.45) is 10.8 Å². The van der Waals surface area contributed by atoms with Gasteiger partial charge in [-0.1, -0.05) is 34.1 Å². The molecular weight excluding hydrogens is 160 g/mol. The molecule has 2 heteroatoms. The summed E-state index contributed by atoms with van der Waals surface area (Å²) in [4.78, 5) is 0. The predicted octanol–water partition coefficient (Wildman–Crippen LogP) is 1.62. The molecule has 0 unspecified atom stereocenters. The SMILES string of the molecule is CCC(C)(C)C1(C)CNCCNC1. The molecule has 13 heavy (non-hydrogen) atoms. The average Bonchev–Trinajstić information content (AvgIpc) is 2.31. The van der Waals surface area contributed by atoms with Crippen molar-refractivity contribution in [1.29, 1.82) is 0 Å². The Balaban J connectivity index is 2.71. The third-order valence-corrected chi connectivity index (χ3v) is 4.03. The van der Waals surface area contributed by atoms with E-state index < -0.39 is 0 Å². The normalized spacial score (nSPS) is 24.0. The first kappa shape index (κ1) is 11.0. The van der Waals surface area contributed by atoms with Gasteiger partial charge >= 0.3 is 0 Å². The Kier molecular flexibility index (Phi) is 3.36. The highest BCUT2D eigenvalue weighted by Gasteiger charge is 2.39. The second-order valence-corrected chi connectivity index (χ2v) is 5.15. The van der Waals surface area contributed by atoms with Crippen LogP contribution in [0.5, 0.6) is 0 Å². The van der Waals surface area contributed by atoms with E-state index in [1.807, 2.05) is 0 Å². The molecule has 2 N–H and O–H groups in total. The van der Waals surface area contributed by atoms with Crippen molar-refractivity contribution in [3.05, 3.63) is 0 Å². The van der Waals surface area contributed by atoms with Gasteiger partial charge in [0, 0.05) is 26.2 Å². The molecule has 0 aromatic carbocycles. The molecule has 0 amide bonds. The Morgan fingerprint density at radius 3 is 2.00 bits per heavy atom. The molecular formula is C11H24N2. The van der Waals surface area contributed by atoms with Gasteiger partial charge in [-0.15, -0.1) is 0 Å². The molecule has 0 aromatic heterocycles. The van der Waals surface area contributed by atoms with Gasteiger partial charge in [0.05, 0.1) is 0 Å². The van der Waals surface area contributed by atoms with Crippen LogP contribution in [0.4, 0.5) is 0 Å². The van der Waals surface area contributed by atoms with Crippen molar-refractivity contribution < 1.29 is 0 Å². The van der Waals surface area contributed by atoms with E-state index in [9.17, 15) is 0 Å². The van der Waals surface area contributed by atoms with Gasteiger partial charge in [-0.25, -0.2) is 0 Å². The fourth-order valence-corrected chi connectivity index (χ4v) is 1.87. The lowest BCUT2D eigenvalue weighted by Crippen LogP contribution is -2.46. The minimum Gasteiger partial charge on any atom is -0.315 e. The van der Waals surface area contributed by atoms with Gasteiger partial charge in [-0.3, -0.25) is 0 Å². The minimum atomic E-state index is 0.387. The molecule has 2 nitrogen and oxygen atoms in total. The van der Waals surface area contributed by atoms with E-state index in [0.29, 0.717) is 10.8 Å². The first-order chi connectivity index (χ1) is 6.02. The van der Waals surface area contributed by atoms with E-state index >= 15 is 0 Å². The second-order valence-electron chi connectivity index (χ2n) is 5.15. The smallest absolute Gasteiger partial charge is 0.00769 e. The lowest BCUT2D eigenvalue weighted by atomic mass is 9.65. The molecule has 1 heterocycles. The Labute approximate surface area is 82.5 Å². The molecule has 1 aliphatic rings. The quantitative estimate of drug-likeness (QED) is 0.681. The van der Waals surface area contributed by atoms with E-state index in [1.165, 1.54) is 6.42 Å². The van der Waals surface area contributed by atoms with Crippen molar-refractivity contribution in [2.45, 2.75) is 34.1 Å². The summed E-state index contributed by atoms with van der Waals surface area (Å²) in [6, 6.07) is 0. The van der Waals surface area contributed by atoms with Gasteiger partial charge in [-0.2, -0.15) is 0 Å². The zero-order valence-electron chi connectivity index (χ0n) is 9.54. The second kappa shape index (κ2) is 3.97. The molecule has 1 fully saturated rings. The highest BCUT2D eigenvalue weighted by Crippen LogP contribution is 2.40. The Hall–Kier alpha value is -0.0800. The Bertz CT molecular complexity index is 155. The lowest BCUT2D eigenvalue weighted by Gasteiger charge is -2.43. The van der Waals surface area contributed by atoms with Crippen LogP contribution in [0.25, 0.3) is 0 Å². The number of hydrogen-bond acceptors (Lipinski definition) is 2. The fraction of sp³-hybridized carbons (Fsp3) is 1.00. The van der Waals surface area contributed by atoms with Gasteiger partial charge in [0.15, 0.2) is 0 Å². The molecule has 1 aliphatic heterocycles. The molecule has 0 saturated carbocycles. The third-order valence-electron chi connectivity index (χ3n) is 4.03. The summed E-state index contributed by atoms with van der Waals surface area (Å²) in [5, 5.41) is 7.03. The molecule has 1 saturated heterocycles. The average molecular weight is 184 g/mol. The highest BCUT2D eigenvalue weighted by atomic mass is 15.0. The zero-order chi connectivity index (χ0) is 9.95. The first-order valence-corrected chi connectivity index (χ1v) is 5.43. The summed E-state index contributed by atoms with van der Waals surface area (Å²) in [6.07, 6.45) is 1.24. The lowest BCUT2D eigenvalue weighted by molar-refractivity contribution is 0.0898. The van der Waals surface area contributed by atoms with E-state index in [0.717, 1.165) is 26.2 Å². The molecule has 78 valence electrons. The van der Waals surface area contributed by atoms with E-state index in [1.54, 1.807) is 0 Å².